The van der Waals surface area contributed by atoms with Crippen LogP contribution in [0.25, 0.3) is 5.52 Å². The van der Waals surface area contributed by atoms with Crippen molar-refractivity contribution >= 4 is 25.9 Å². The minimum absolute atomic E-state index is 0.0362. The highest BCUT2D eigenvalue weighted by molar-refractivity contribution is 7.47. The van der Waals surface area contributed by atoms with E-state index in [0.717, 1.165) is 19.3 Å². The number of nitriles is 1. The summed E-state index contributed by atoms with van der Waals surface area (Å²) in [6.07, 6.45) is 15.8. The summed E-state index contributed by atoms with van der Waals surface area (Å²) < 4.78 is 57.1. The average Bonchev–Trinajstić information content (AvgIpc) is 3.76. The number of phosphoric acid groups is 1. The first kappa shape index (κ1) is 47.3. The minimum Gasteiger partial charge on any atom is -0.387 e. The lowest BCUT2D eigenvalue weighted by Crippen LogP contribution is -2.45. The molecule has 322 valence electrons. The molecular formula is C41H62FN6O9P. The Balaban J connectivity index is 1.21. The summed E-state index contributed by atoms with van der Waals surface area (Å²) in [4.78, 5) is 18.4. The molecule has 1 saturated heterocycles. The third-order valence-electron chi connectivity index (χ3n) is 10.5. The highest BCUT2D eigenvalue weighted by Gasteiger charge is 2.56. The average molecular weight is 833 g/mol. The molecule has 1 aliphatic rings. The van der Waals surface area contributed by atoms with E-state index in [0.29, 0.717) is 17.8 Å². The van der Waals surface area contributed by atoms with Crippen LogP contribution in [-0.4, -0.2) is 86.9 Å². The van der Waals surface area contributed by atoms with Gasteiger partial charge in [-0.1, -0.05) is 103 Å². The summed E-state index contributed by atoms with van der Waals surface area (Å²) in [7, 11) is -4.88. The van der Waals surface area contributed by atoms with Crippen LogP contribution < -0.4 is 5.73 Å². The highest BCUT2D eigenvalue weighted by atomic mass is 31.2. The zero-order valence-electron chi connectivity index (χ0n) is 33.8. The molecule has 0 spiro atoms. The maximum absolute atomic E-state index is 14.5. The molecule has 3 heterocycles. The number of aliphatic imine (C=N–C) groups is 1. The summed E-state index contributed by atoms with van der Waals surface area (Å²) in [6.45, 7) is 4.51. The molecule has 15 nitrogen and oxygen atoms in total. The monoisotopic (exact) mass is 832 g/mol. The van der Waals surface area contributed by atoms with Gasteiger partial charge < -0.3 is 35.1 Å². The lowest BCUT2D eigenvalue weighted by atomic mass is 10.0. The van der Waals surface area contributed by atoms with Crippen LogP contribution in [0.2, 0.25) is 0 Å². The fourth-order valence-electron chi connectivity index (χ4n) is 6.97. The number of aliphatic hydroxyl groups is 2. The molecule has 1 fully saturated rings. The first-order valence-corrected chi connectivity index (χ1v) is 22.1. The number of aliphatic hydroxyl groups excluding tert-OH is 2. The van der Waals surface area contributed by atoms with Crippen LogP contribution in [-0.2, 0) is 34.4 Å². The van der Waals surface area contributed by atoms with Gasteiger partial charge in [0, 0.05) is 12.2 Å². The second-order valence-electron chi connectivity index (χ2n) is 14.9. The van der Waals surface area contributed by atoms with Gasteiger partial charge in [-0.3, -0.25) is 14.0 Å². The molecule has 0 radical (unpaired) electrons. The first-order chi connectivity index (χ1) is 28.0. The fraction of sp³-hybridized carbons (Fsp3) is 0.659. The number of hydrogen-bond acceptors (Lipinski definition) is 13. The smallest absolute Gasteiger partial charge is 0.387 e. The molecule has 58 heavy (non-hydrogen) atoms. The van der Waals surface area contributed by atoms with Crippen molar-refractivity contribution in [2.75, 3.05) is 32.2 Å². The summed E-state index contributed by atoms with van der Waals surface area (Å²) in [5.41, 5.74) is 4.96. The molecule has 1 aromatic carbocycles. The van der Waals surface area contributed by atoms with Gasteiger partial charge in [0.05, 0.1) is 37.1 Å². The minimum atomic E-state index is -4.88. The normalized spacial score (nSPS) is 20.9. The van der Waals surface area contributed by atoms with Crippen molar-refractivity contribution in [2.24, 2.45) is 4.99 Å². The van der Waals surface area contributed by atoms with Crippen molar-refractivity contribution in [3.05, 3.63) is 59.3 Å². The molecule has 0 aliphatic carbocycles. The standard InChI is InChI=1S/C41H62FN6O9P/c1-3-4-5-6-7-8-9-10-11-12-13-14-15-16-17-18-23-53-27-33(54-26-32-24-31(25-43)19-20-34(32)42)28-55-58(51,52)56-29-41(45-2)39(50)37(49)38(57-41)35-21-22-36-40(44)46-30-47-48(35)36/h19-22,24,30,33,37-39,49-50H,2-18,23,26-29H2,1H3,(H,51,52)(H2,44,46,47)/t33-,37+,38+,39+,41-/m1/s1. The summed E-state index contributed by atoms with van der Waals surface area (Å²) in [5.74, 6) is -0.399. The van der Waals surface area contributed by atoms with Crippen molar-refractivity contribution in [3.8, 4) is 6.07 Å². The number of fused-ring (bicyclic) bond motifs is 1. The summed E-state index contributed by atoms with van der Waals surface area (Å²) in [5, 5.41) is 35.3. The molecule has 4 rings (SSSR count). The van der Waals surface area contributed by atoms with Crippen LogP contribution in [0.5, 0.6) is 0 Å². The number of nitrogen functional groups attached to an aromatic ring is 1. The molecular weight excluding hydrogens is 770 g/mol. The zero-order chi connectivity index (χ0) is 41.8. The van der Waals surface area contributed by atoms with E-state index in [9.17, 15) is 29.3 Å². The van der Waals surface area contributed by atoms with E-state index in [1.54, 1.807) is 12.1 Å². The van der Waals surface area contributed by atoms with Crippen molar-refractivity contribution in [2.45, 2.75) is 146 Å². The van der Waals surface area contributed by atoms with E-state index in [1.165, 1.54) is 113 Å². The number of phosphoric ester groups is 1. The number of unbranched alkanes of at least 4 members (excludes halogenated alkanes) is 15. The van der Waals surface area contributed by atoms with E-state index in [2.05, 4.69) is 28.7 Å². The molecule has 0 saturated carbocycles. The van der Waals surface area contributed by atoms with E-state index >= 15 is 0 Å². The number of aromatic nitrogens is 3. The van der Waals surface area contributed by atoms with Crippen LogP contribution in [0, 0.1) is 17.1 Å². The van der Waals surface area contributed by atoms with Crippen LogP contribution in [0.4, 0.5) is 10.2 Å². The molecule has 17 heteroatoms. The Morgan fingerprint density at radius 2 is 1.64 bits per heavy atom. The summed E-state index contributed by atoms with van der Waals surface area (Å²) in [6, 6.07) is 9.02. The Bertz CT molecular complexity index is 1780. The lowest BCUT2D eigenvalue weighted by molar-refractivity contribution is -0.107. The van der Waals surface area contributed by atoms with Gasteiger partial charge in [0.1, 0.15) is 48.7 Å². The third-order valence-corrected chi connectivity index (χ3v) is 11.4. The van der Waals surface area contributed by atoms with Crippen molar-refractivity contribution < 1.29 is 47.3 Å². The molecule has 1 aliphatic heterocycles. The quantitative estimate of drug-likeness (QED) is 0.0291. The Kier molecular flexibility index (Phi) is 20.1. The van der Waals surface area contributed by atoms with Gasteiger partial charge in [-0.25, -0.2) is 18.5 Å². The van der Waals surface area contributed by atoms with E-state index in [-0.39, 0.29) is 30.2 Å². The molecule has 0 bridgehead atoms. The van der Waals surface area contributed by atoms with Gasteiger partial charge >= 0.3 is 7.82 Å². The SMILES string of the molecule is C=N[C@]1(COP(=O)(O)OC[C@@H](COCCCCCCCCCCCCCCCCCC)OCc2cc(C#N)ccc2F)O[C@@H](c2ccc3c(N)ncnn23)[C@H](O)[C@@H]1O. The highest BCUT2D eigenvalue weighted by Crippen LogP contribution is 2.48. The van der Waals surface area contributed by atoms with E-state index in [1.807, 2.05) is 6.07 Å². The molecule has 3 aromatic rings. The maximum Gasteiger partial charge on any atom is 0.472 e. The molecule has 6 atom stereocenters. The summed E-state index contributed by atoms with van der Waals surface area (Å²) >= 11 is 0. The Hall–Kier alpha value is -3.36. The zero-order valence-corrected chi connectivity index (χ0v) is 34.7. The first-order valence-electron chi connectivity index (χ1n) is 20.6. The van der Waals surface area contributed by atoms with E-state index in [4.69, 9.17) is 29.0 Å². The predicted molar refractivity (Wildman–Crippen MR) is 217 cm³/mol. The van der Waals surface area contributed by atoms with Gasteiger partial charge in [-0.05, 0) is 43.5 Å². The lowest BCUT2D eigenvalue weighted by Gasteiger charge is -2.28. The molecule has 0 amide bonds. The van der Waals surface area contributed by atoms with Crippen molar-refractivity contribution in [3.63, 3.8) is 0 Å². The third kappa shape index (κ3) is 14.4. The van der Waals surface area contributed by atoms with Gasteiger partial charge in [0.25, 0.3) is 0 Å². The second-order valence-corrected chi connectivity index (χ2v) is 16.4. The van der Waals surface area contributed by atoms with Crippen molar-refractivity contribution in [1.29, 1.82) is 5.26 Å². The number of anilines is 1. The number of nitrogens with two attached hydrogens (primary N) is 1. The topological polar surface area (TPSA) is 216 Å². The van der Waals surface area contributed by atoms with Crippen molar-refractivity contribution in [1.82, 2.24) is 14.6 Å². The number of benzene rings is 1. The Morgan fingerprint density at radius 3 is 2.26 bits per heavy atom. The number of rotatable bonds is 30. The van der Waals surface area contributed by atoms with Gasteiger partial charge in [0.15, 0.2) is 5.82 Å². The molecule has 1 unspecified atom stereocenters. The number of ether oxygens (including phenoxy) is 3. The molecule has 5 N–H and O–H groups in total. The number of hydrogen-bond donors (Lipinski definition) is 4. The number of nitrogens with zero attached hydrogens (tertiary/aromatic N) is 5. The van der Waals surface area contributed by atoms with Gasteiger partial charge in [-0.15, -0.1) is 0 Å². The maximum atomic E-state index is 14.5. The molecule has 2 aromatic heterocycles. The Labute approximate surface area is 341 Å². The van der Waals surface area contributed by atoms with Crippen LogP contribution in [0.15, 0.2) is 41.7 Å². The fourth-order valence-corrected chi connectivity index (χ4v) is 7.75. The van der Waals surface area contributed by atoms with Crippen LogP contribution in [0.1, 0.15) is 133 Å². The predicted octanol–water partition coefficient (Wildman–Crippen LogP) is 7.51. The largest absolute Gasteiger partial charge is 0.472 e. The van der Waals surface area contributed by atoms with Crippen LogP contribution >= 0.6 is 7.82 Å². The second kappa shape index (κ2) is 24.7. The van der Waals surface area contributed by atoms with Crippen LogP contribution in [0.3, 0.4) is 0 Å². The number of halogens is 1. The van der Waals surface area contributed by atoms with Gasteiger partial charge in [-0.2, -0.15) is 10.4 Å². The van der Waals surface area contributed by atoms with E-state index < -0.39 is 57.0 Å². The van der Waals surface area contributed by atoms with Gasteiger partial charge in [0.2, 0.25) is 5.72 Å². The Morgan fingerprint density at radius 1 is 1.00 bits per heavy atom.